The van der Waals surface area contributed by atoms with Gasteiger partial charge in [-0.05, 0) is 18.2 Å². The molecule has 3 aromatic rings. The first-order valence-corrected chi connectivity index (χ1v) is 6.08. The van der Waals surface area contributed by atoms with Crippen LogP contribution >= 0.6 is 0 Å². The lowest BCUT2D eigenvalue weighted by atomic mass is 10.1. The van der Waals surface area contributed by atoms with Crippen LogP contribution in [0.4, 0.5) is 0 Å². The van der Waals surface area contributed by atoms with E-state index in [2.05, 4.69) is 10.1 Å². The van der Waals surface area contributed by atoms with Gasteiger partial charge < -0.3 is 10.3 Å². The summed E-state index contributed by atoms with van der Waals surface area (Å²) in [6.45, 7) is 0. The summed E-state index contributed by atoms with van der Waals surface area (Å²) in [4.78, 5) is 4.11. The third-order valence-corrected chi connectivity index (χ3v) is 3.16. The minimum absolute atomic E-state index is 0.254. The van der Waals surface area contributed by atoms with Crippen molar-refractivity contribution in [2.45, 2.75) is 6.04 Å². The third-order valence-electron chi connectivity index (χ3n) is 3.16. The average Bonchev–Trinajstić information content (AvgIpc) is 3.07. The zero-order valence-corrected chi connectivity index (χ0v) is 10.6. The van der Waals surface area contributed by atoms with Crippen molar-refractivity contribution in [1.82, 2.24) is 19.3 Å². The molecule has 3 rings (SSSR count). The molecule has 2 N–H and O–H groups in total. The van der Waals surface area contributed by atoms with Crippen molar-refractivity contribution in [3.05, 3.63) is 66.5 Å². The zero-order valence-electron chi connectivity index (χ0n) is 10.6. The number of nitrogens with two attached hydrogens (primary N) is 1. The fourth-order valence-corrected chi connectivity index (χ4v) is 2.15. The topological polar surface area (TPSA) is 61.7 Å². The van der Waals surface area contributed by atoms with Crippen molar-refractivity contribution in [3.63, 3.8) is 0 Å². The lowest BCUT2D eigenvalue weighted by Crippen LogP contribution is -2.19. The highest BCUT2D eigenvalue weighted by molar-refractivity contribution is 5.34. The Bertz CT molecular complexity index is 668. The lowest BCUT2D eigenvalue weighted by Gasteiger charge is -2.14. The van der Waals surface area contributed by atoms with Crippen LogP contribution in [0, 0.1) is 0 Å². The number of para-hydroxylation sites is 1. The van der Waals surface area contributed by atoms with E-state index in [0.29, 0.717) is 0 Å². The maximum atomic E-state index is 6.32. The molecule has 5 heteroatoms. The van der Waals surface area contributed by atoms with E-state index in [1.807, 2.05) is 52.7 Å². The summed E-state index contributed by atoms with van der Waals surface area (Å²) in [6, 6.07) is 11.6. The summed E-state index contributed by atoms with van der Waals surface area (Å²) >= 11 is 0. The Morgan fingerprint density at radius 1 is 1.11 bits per heavy atom. The molecule has 0 amide bonds. The largest absolute Gasteiger partial charge is 0.336 e. The summed E-state index contributed by atoms with van der Waals surface area (Å²) < 4.78 is 3.78. The molecule has 0 aliphatic heterocycles. The number of rotatable bonds is 3. The molecule has 1 unspecified atom stereocenters. The molecular weight excluding hydrogens is 238 g/mol. The van der Waals surface area contributed by atoms with Crippen LogP contribution in [0.15, 0.2) is 55.1 Å². The zero-order chi connectivity index (χ0) is 13.2. The molecule has 0 spiro atoms. The van der Waals surface area contributed by atoms with Gasteiger partial charge in [0, 0.05) is 13.2 Å². The molecule has 0 bridgehead atoms. The molecule has 19 heavy (non-hydrogen) atoms. The van der Waals surface area contributed by atoms with Crippen LogP contribution in [-0.2, 0) is 7.05 Å². The number of benzene rings is 1. The summed E-state index contributed by atoms with van der Waals surface area (Å²) in [5.41, 5.74) is 9.22. The van der Waals surface area contributed by atoms with Crippen molar-refractivity contribution in [3.8, 4) is 5.69 Å². The number of aromatic nitrogens is 4. The highest BCUT2D eigenvalue weighted by atomic mass is 15.3. The number of nitrogens with zero attached hydrogens (tertiary/aromatic N) is 4. The van der Waals surface area contributed by atoms with E-state index in [4.69, 9.17) is 5.73 Å². The molecule has 0 aliphatic carbocycles. The van der Waals surface area contributed by atoms with E-state index in [0.717, 1.165) is 17.1 Å². The van der Waals surface area contributed by atoms with Gasteiger partial charge >= 0.3 is 0 Å². The second-order valence-electron chi connectivity index (χ2n) is 4.41. The van der Waals surface area contributed by atoms with Gasteiger partial charge in [-0.2, -0.15) is 5.10 Å². The highest BCUT2D eigenvalue weighted by Gasteiger charge is 2.17. The van der Waals surface area contributed by atoms with Crippen molar-refractivity contribution in [1.29, 1.82) is 0 Å². The molecule has 1 aromatic carbocycles. The van der Waals surface area contributed by atoms with E-state index in [1.54, 1.807) is 18.7 Å². The Balaban J connectivity index is 2.04. The van der Waals surface area contributed by atoms with Crippen LogP contribution in [-0.4, -0.2) is 19.3 Å². The van der Waals surface area contributed by atoms with Gasteiger partial charge in [0.05, 0.1) is 35.6 Å². The molecule has 2 aromatic heterocycles. The first-order chi connectivity index (χ1) is 9.27. The average molecular weight is 253 g/mol. The normalized spacial score (nSPS) is 12.5. The standard InChI is InChI=1S/C14H15N5/c1-18-10-16-9-13(18)14(15)12-7-8-17-19(12)11-5-3-2-4-6-11/h2-10,14H,15H2,1H3. The van der Waals surface area contributed by atoms with Crippen LogP contribution in [0.2, 0.25) is 0 Å². The summed E-state index contributed by atoms with van der Waals surface area (Å²) in [5.74, 6) is 0. The summed E-state index contributed by atoms with van der Waals surface area (Å²) in [5, 5.41) is 4.35. The predicted octanol–water partition coefficient (Wildman–Crippen LogP) is 1.65. The molecule has 0 radical (unpaired) electrons. The van der Waals surface area contributed by atoms with Gasteiger partial charge in [-0.25, -0.2) is 9.67 Å². The van der Waals surface area contributed by atoms with Crippen LogP contribution < -0.4 is 5.73 Å². The maximum absolute atomic E-state index is 6.32. The Morgan fingerprint density at radius 3 is 2.58 bits per heavy atom. The highest BCUT2D eigenvalue weighted by Crippen LogP contribution is 2.21. The molecule has 5 nitrogen and oxygen atoms in total. The van der Waals surface area contributed by atoms with Gasteiger partial charge in [-0.3, -0.25) is 0 Å². The van der Waals surface area contributed by atoms with Crippen molar-refractivity contribution in [2.75, 3.05) is 0 Å². The minimum Gasteiger partial charge on any atom is -0.336 e. The van der Waals surface area contributed by atoms with Crippen molar-refractivity contribution < 1.29 is 0 Å². The Hall–Kier alpha value is -2.40. The van der Waals surface area contributed by atoms with Gasteiger partial charge in [-0.1, -0.05) is 18.2 Å². The monoisotopic (exact) mass is 253 g/mol. The lowest BCUT2D eigenvalue weighted by molar-refractivity contribution is 0.688. The van der Waals surface area contributed by atoms with Crippen molar-refractivity contribution >= 4 is 0 Å². The van der Waals surface area contributed by atoms with Gasteiger partial charge in [0.1, 0.15) is 0 Å². The van der Waals surface area contributed by atoms with E-state index >= 15 is 0 Å². The Morgan fingerprint density at radius 2 is 1.89 bits per heavy atom. The first-order valence-electron chi connectivity index (χ1n) is 6.08. The van der Waals surface area contributed by atoms with Crippen LogP contribution in [0.25, 0.3) is 5.69 Å². The van der Waals surface area contributed by atoms with Crippen LogP contribution in [0.5, 0.6) is 0 Å². The minimum atomic E-state index is -0.254. The summed E-state index contributed by atoms with van der Waals surface area (Å²) in [7, 11) is 1.94. The number of aryl methyl sites for hydroxylation is 1. The van der Waals surface area contributed by atoms with E-state index in [9.17, 15) is 0 Å². The predicted molar refractivity (Wildman–Crippen MR) is 72.8 cm³/mol. The van der Waals surface area contributed by atoms with Gasteiger partial charge in [-0.15, -0.1) is 0 Å². The Labute approximate surface area is 111 Å². The molecule has 2 heterocycles. The van der Waals surface area contributed by atoms with Gasteiger partial charge in [0.25, 0.3) is 0 Å². The second-order valence-corrected chi connectivity index (χ2v) is 4.41. The number of hydrogen-bond donors (Lipinski definition) is 1. The smallest absolute Gasteiger partial charge is 0.0946 e. The van der Waals surface area contributed by atoms with E-state index < -0.39 is 0 Å². The van der Waals surface area contributed by atoms with E-state index in [-0.39, 0.29) is 6.04 Å². The quantitative estimate of drug-likeness (QED) is 0.772. The SMILES string of the molecule is Cn1cncc1C(N)c1ccnn1-c1ccccc1. The molecule has 0 saturated carbocycles. The fourth-order valence-electron chi connectivity index (χ4n) is 2.15. The molecule has 96 valence electrons. The summed E-state index contributed by atoms with van der Waals surface area (Å²) in [6.07, 6.45) is 5.30. The third kappa shape index (κ3) is 2.04. The van der Waals surface area contributed by atoms with E-state index in [1.165, 1.54) is 0 Å². The Kier molecular flexibility index (Phi) is 2.89. The molecule has 0 saturated heterocycles. The van der Waals surface area contributed by atoms with Crippen LogP contribution in [0.1, 0.15) is 17.4 Å². The molecule has 0 aliphatic rings. The number of imidazole rings is 1. The van der Waals surface area contributed by atoms with Crippen molar-refractivity contribution in [2.24, 2.45) is 12.8 Å². The maximum Gasteiger partial charge on any atom is 0.0946 e. The number of hydrogen-bond acceptors (Lipinski definition) is 3. The fraction of sp³-hybridized carbons (Fsp3) is 0.143. The first kappa shape index (κ1) is 11.7. The van der Waals surface area contributed by atoms with Gasteiger partial charge in [0.2, 0.25) is 0 Å². The van der Waals surface area contributed by atoms with Crippen LogP contribution in [0.3, 0.4) is 0 Å². The second kappa shape index (κ2) is 4.70. The molecule has 1 atom stereocenters. The van der Waals surface area contributed by atoms with Gasteiger partial charge in [0.15, 0.2) is 0 Å². The molecule has 0 fully saturated rings. The molecular formula is C14H15N5.